The van der Waals surface area contributed by atoms with E-state index in [1.807, 2.05) is 64.1 Å². The van der Waals surface area contributed by atoms with Crippen LogP contribution in [0, 0.1) is 27.7 Å². The molecule has 40 heavy (non-hydrogen) atoms. The van der Waals surface area contributed by atoms with E-state index < -0.39 is 23.6 Å². The number of anilines is 2. The third-order valence-electron chi connectivity index (χ3n) is 7.51. The van der Waals surface area contributed by atoms with E-state index in [0.29, 0.717) is 29.3 Å². The highest BCUT2D eigenvalue weighted by Gasteiger charge is 2.46. The van der Waals surface area contributed by atoms with Crippen molar-refractivity contribution in [2.75, 3.05) is 9.80 Å². The molecule has 0 atom stereocenters. The Balaban J connectivity index is 1.75. The fourth-order valence-electron chi connectivity index (χ4n) is 5.79. The highest BCUT2D eigenvalue weighted by molar-refractivity contribution is 9.13. The molecule has 0 aliphatic carbocycles. The lowest BCUT2D eigenvalue weighted by molar-refractivity contribution is 0.0871. The Kier molecular flexibility index (Phi) is 6.49. The van der Waals surface area contributed by atoms with Crippen LogP contribution in [0.4, 0.5) is 11.4 Å². The largest absolute Gasteiger partial charge is 0.268 e. The maximum absolute atomic E-state index is 14.2. The molecule has 0 radical (unpaired) electrons. The number of halogens is 4. The van der Waals surface area contributed by atoms with E-state index in [0.717, 1.165) is 22.3 Å². The molecule has 0 saturated carbocycles. The minimum atomic E-state index is -0.550. The summed E-state index contributed by atoms with van der Waals surface area (Å²) in [6.07, 6.45) is 0. The van der Waals surface area contributed by atoms with Gasteiger partial charge in [-0.3, -0.25) is 19.2 Å². The number of para-hydroxylation sites is 2. The second-order valence-corrected chi connectivity index (χ2v) is 13.1. The van der Waals surface area contributed by atoms with Gasteiger partial charge in [-0.25, -0.2) is 9.80 Å². The van der Waals surface area contributed by atoms with Gasteiger partial charge in [0, 0.05) is 28.7 Å². The summed E-state index contributed by atoms with van der Waals surface area (Å²) < 4.78 is 1.31. The zero-order valence-electron chi connectivity index (χ0n) is 21.5. The first-order valence-electron chi connectivity index (χ1n) is 12.2. The Morgan fingerprint density at radius 2 is 0.675 bits per heavy atom. The van der Waals surface area contributed by atoms with Gasteiger partial charge in [0.15, 0.2) is 0 Å². The van der Waals surface area contributed by atoms with Crippen LogP contribution in [0.25, 0.3) is 10.8 Å². The van der Waals surface area contributed by atoms with Crippen molar-refractivity contribution in [3.8, 4) is 0 Å². The molecule has 0 spiro atoms. The molecule has 0 bridgehead atoms. The highest BCUT2D eigenvalue weighted by atomic mass is 79.9. The molecule has 10 heteroatoms. The average molecular weight is 790 g/mol. The minimum absolute atomic E-state index is 0.193. The SMILES string of the molecule is Cc1cccc(C)c1N1C(=O)c2c(Br)c(Br)c3c4c(c(Br)c(Br)c(c24)C1=O)C(=O)N(c1c(C)cccc1C)C3=O. The number of hydrogen-bond acceptors (Lipinski definition) is 4. The van der Waals surface area contributed by atoms with E-state index in [4.69, 9.17) is 0 Å². The number of amides is 4. The van der Waals surface area contributed by atoms with Crippen molar-refractivity contribution in [1.82, 2.24) is 0 Å². The van der Waals surface area contributed by atoms with Gasteiger partial charge in [-0.2, -0.15) is 0 Å². The number of aryl methyl sites for hydroxylation is 4. The number of carbonyl (C=O) groups is 4. The molecule has 6 nitrogen and oxygen atoms in total. The van der Waals surface area contributed by atoms with Gasteiger partial charge in [0.05, 0.1) is 33.6 Å². The van der Waals surface area contributed by atoms with Crippen LogP contribution in [-0.4, -0.2) is 23.6 Å². The number of carbonyl (C=O) groups excluding carboxylic acids is 4. The second kappa shape index (κ2) is 9.44. The van der Waals surface area contributed by atoms with E-state index in [1.165, 1.54) is 9.80 Å². The lowest BCUT2D eigenvalue weighted by atomic mass is 9.85. The van der Waals surface area contributed by atoms with Gasteiger partial charge in [0.2, 0.25) is 0 Å². The zero-order valence-corrected chi connectivity index (χ0v) is 27.8. The standard InChI is InChI=1S/C30H18Br4N2O4/c1-11-7-5-8-12(2)25(11)35-27(37)17-15-16-19(23(33)21(17)31)29(39)36(26-13(3)9-6-10-14(26)4)30(40)20(16)24(34)22(32)18(15)28(35)38/h5-10H,1-4H3. The van der Waals surface area contributed by atoms with Gasteiger partial charge in [-0.1, -0.05) is 36.4 Å². The zero-order chi connectivity index (χ0) is 28.9. The van der Waals surface area contributed by atoms with Gasteiger partial charge in [-0.05, 0) is 114 Å². The molecule has 2 aliphatic heterocycles. The Morgan fingerprint density at radius 1 is 0.450 bits per heavy atom. The summed E-state index contributed by atoms with van der Waals surface area (Å²) in [5, 5.41) is 0.519. The predicted molar refractivity (Wildman–Crippen MR) is 169 cm³/mol. The number of benzene rings is 4. The van der Waals surface area contributed by atoms with Crippen molar-refractivity contribution in [1.29, 1.82) is 0 Å². The number of rotatable bonds is 2. The van der Waals surface area contributed by atoms with Crippen molar-refractivity contribution >= 4 is 109 Å². The molecule has 0 saturated heterocycles. The lowest BCUT2D eigenvalue weighted by Crippen LogP contribution is -2.45. The van der Waals surface area contributed by atoms with Gasteiger partial charge >= 0.3 is 0 Å². The van der Waals surface area contributed by atoms with Crippen molar-refractivity contribution < 1.29 is 19.2 Å². The molecule has 0 aromatic heterocycles. The van der Waals surface area contributed by atoms with E-state index in [2.05, 4.69) is 63.7 Å². The van der Waals surface area contributed by atoms with Crippen LogP contribution >= 0.6 is 63.7 Å². The maximum atomic E-state index is 14.2. The van der Waals surface area contributed by atoms with Crippen LogP contribution in [0.5, 0.6) is 0 Å². The van der Waals surface area contributed by atoms with E-state index in [1.54, 1.807) is 0 Å². The highest BCUT2D eigenvalue weighted by Crippen LogP contribution is 2.52. The molecular formula is C30H18Br4N2O4. The molecule has 4 aromatic rings. The van der Waals surface area contributed by atoms with E-state index in [-0.39, 0.29) is 33.0 Å². The Morgan fingerprint density at radius 3 is 0.900 bits per heavy atom. The van der Waals surface area contributed by atoms with Crippen molar-refractivity contribution in [2.24, 2.45) is 0 Å². The molecule has 2 aliphatic rings. The maximum Gasteiger partial charge on any atom is 0.267 e. The van der Waals surface area contributed by atoms with Crippen LogP contribution in [0.3, 0.4) is 0 Å². The average Bonchev–Trinajstić information content (AvgIpc) is 2.88. The second-order valence-electron chi connectivity index (χ2n) is 9.88. The quantitative estimate of drug-likeness (QED) is 0.191. The van der Waals surface area contributed by atoms with Gasteiger partial charge in [-0.15, -0.1) is 0 Å². The lowest BCUT2D eigenvalue weighted by Gasteiger charge is -2.36. The summed E-state index contributed by atoms with van der Waals surface area (Å²) in [4.78, 5) is 59.2. The first-order chi connectivity index (χ1) is 18.9. The minimum Gasteiger partial charge on any atom is -0.268 e. The van der Waals surface area contributed by atoms with Crippen molar-refractivity contribution in [2.45, 2.75) is 27.7 Å². The normalized spacial score (nSPS) is 14.6. The number of imide groups is 2. The molecule has 0 unspecified atom stereocenters. The van der Waals surface area contributed by atoms with Crippen LogP contribution in [0.15, 0.2) is 54.3 Å². The molecule has 0 N–H and O–H groups in total. The summed E-state index contributed by atoms with van der Waals surface area (Å²) in [7, 11) is 0. The smallest absolute Gasteiger partial charge is 0.267 e. The summed E-state index contributed by atoms with van der Waals surface area (Å²) >= 11 is 14.3. The topological polar surface area (TPSA) is 74.8 Å². The first-order valence-corrected chi connectivity index (χ1v) is 15.3. The third kappa shape index (κ3) is 3.49. The van der Waals surface area contributed by atoms with Crippen LogP contribution in [0.1, 0.15) is 63.7 Å². The third-order valence-corrected chi connectivity index (χ3v) is 11.7. The van der Waals surface area contributed by atoms with Crippen molar-refractivity contribution in [3.63, 3.8) is 0 Å². The summed E-state index contributed by atoms with van der Waals surface area (Å²) in [6, 6.07) is 11.1. The molecule has 2 heterocycles. The van der Waals surface area contributed by atoms with E-state index >= 15 is 0 Å². The summed E-state index contributed by atoms with van der Waals surface area (Å²) in [5.41, 5.74) is 4.80. The fraction of sp³-hybridized carbons (Fsp3) is 0.133. The molecular weight excluding hydrogens is 772 g/mol. The van der Waals surface area contributed by atoms with Crippen LogP contribution in [-0.2, 0) is 0 Å². The molecule has 6 rings (SSSR count). The van der Waals surface area contributed by atoms with Gasteiger partial charge in [0.1, 0.15) is 0 Å². The summed E-state index contributed by atoms with van der Waals surface area (Å²) in [5.74, 6) is -2.20. The Hall–Kier alpha value is -2.66. The summed E-state index contributed by atoms with van der Waals surface area (Å²) in [6.45, 7) is 7.36. The number of nitrogens with zero attached hydrogens (tertiary/aromatic N) is 2. The van der Waals surface area contributed by atoms with E-state index in [9.17, 15) is 19.2 Å². The van der Waals surface area contributed by atoms with Crippen LogP contribution in [0.2, 0.25) is 0 Å². The molecule has 4 aromatic carbocycles. The van der Waals surface area contributed by atoms with Crippen molar-refractivity contribution in [3.05, 3.63) is 98.8 Å². The Bertz CT molecular complexity index is 1670. The number of hydrogen-bond donors (Lipinski definition) is 0. The molecule has 4 amide bonds. The van der Waals surface area contributed by atoms with Gasteiger partial charge < -0.3 is 0 Å². The van der Waals surface area contributed by atoms with Crippen LogP contribution < -0.4 is 9.80 Å². The monoisotopic (exact) mass is 786 g/mol. The Labute approximate surface area is 263 Å². The molecule has 200 valence electrons. The fourth-order valence-corrected chi connectivity index (χ4v) is 8.05. The molecule has 0 fully saturated rings. The predicted octanol–water partition coefficient (Wildman–Crippen LogP) is 8.72. The first kappa shape index (κ1) is 27.5. The van der Waals surface area contributed by atoms with Gasteiger partial charge in [0.25, 0.3) is 23.6 Å².